The van der Waals surface area contributed by atoms with Gasteiger partial charge in [-0.25, -0.2) is 4.39 Å². The normalized spacial score (nSPS) is 29.6. The second-order valence-corrected chi connectivity index (χ2v) is 7.28. The number of halogens is 2. The van der Waals surface area contributed by atoms with Gasteiger partial charge in [-0.05, 0) is 37.0 Å². The molecule has 1 saturated carbocycles. The summed E-state index contributed by atoms with van der Waals surface area (Å²) in [5.41, 5.74) is 0.476. The third kappa shape index (κ3) is 2.96. The first-order valence-electron chi connectivity index (χ1n) is 7.01. The van der Waals surface area contributed by atoms with Crippen LogP contribution < -0.4 is 5.32 Å². The Balaban J connectivity index is 1.77. The maximum Gasteiger partial charge on any atom is 0.161 e. The Hall–Kier alpha value is -0.740. The van der Waals surface area contributed by atoms with Crippen LogP contribution in [0.25, 0.3) is 0 Å². The average Bonchev–Trinajstić information content (AvgIpc) is 2.76. The van der Waals surface area contributed by atoms with Crippen LogP contribution in [-0.2, 0) is 0 Å². The van der Waals surface area contributed by atoms with Crippen molar-refractivity contribution >= 4 is 34.2 Å². The highest BCUT2D eigenvalue weighted by atomic mass is 35.5. The van der Waals surface area contributed by atoms with Crippen LogP contribution in [0.3, 0.4) is 0 Å². The second kappa shape index (κ2) is 5.57. The molecule has 1 aliphatic heterocycles. The largest absolute Gasteiger partial charge is 0.333 e. The second-order valence-electron chi connectivity index (χ2n) is 5.88. The van der Waals surface area contributed by atoms with Gasteiger partial charge in [0.1, 0.15) is 5.82 Å². The Kier molecular flexibility index (Phi) is 3.95. The number of nitrogens with zero attached hydrogens (tertiary/aromatic N) is 1. The molecule has 1 aromatic rings. The number of nitrogens with one attached hydrogen (secondary N) is 1. The Bertz CT molecular complexity index is 549. The molecule has 5 heteroatoms. The zero-order chi connectivity index (χ0) is 14.2. The van der Waals surface area contributed by atoms with E-state index in [1.165, 1.54) is 18.9 Å². The van der Waals surface area contributed by atoms with Gasteiger partial charge < -0.3 is 5.32 Å². The fraction of sp³-hybridized carbons (Fsp3) is 0.533. The van der Waals surface area contributed by atoms with Crippen molar-refractivity contribution in [1.29, 1.82) is 0 Å². The van der Waals surface area contributed by atoms with Gasteiger partial charge in [0.15, 0.2) is 5.17 Å². The summed E-state index contributed by atoms with van der Waals surface area (Å²) >= 11 is 7.60. The van der Waals surface area contributed by atoms with Crippen molar-refractivity contribution in [1.82, 2.24) is 0 Å². The van der Waals surface area contributed by atoms with Crippen molar-refractivity contribution in [2.24, 2.45) is 10.9 Å². The zero-order valence-electron chi connectivity index (χ0n) is 11.5. The van der Waals surface area contributed by atoms with E-state index in [0.717, 1.165) is 29.7 Å². The number of anilines is 1. The van der Waals surface area contributed by atoms with E-state index in [4.69, 9.17) is 16.6 Å². The van der Waals surface area contributed by atoms with E-state index >= 15 is 0 Å². The predicted octanol–water partition coefficient (Wildman–Crippen LogP) is 4.94. The third-order valence-electron chi connectivity index (χ3n) is 4.05. The van der Waals surface area contributed by atoms with E-state index < -0.39 is 0 Å². The van der Waals surface area contributed by atoms with Gasteiger partial charge in [0.05, 0.1) is 11.2 Å². The standard InChI is InChI=1S/C15H18ClFN2S/c1-10-3-2-6-15(8-10)9-20-14(19-15)18-13-7-11(16)4-5-12(13)17/h4-5,7,10H,2-3,6,8-9H2,1H3,(H,18,19). The van der Waals surface area contributed by atoms with E-state index in [1.54, 1.807) is 23.9 Å². The molecule has 1 aliphatic carbocycles. The first-order chi connectivity index (χ1) is 9.56. The molecule has 3 rings (SSSR count). The number of thioether (sulfide) groups is 1. The molecule has 0 radical (unpaired) electrons. The molecule has 1 N–H and O–H groups in total. The van der Waals surface area contributed by atoms with Gasteiger partial charge in [-0.1, -0.05) is 43.1 Å². The van der Waals surface area contributed by atoms with Gasteiger partial charge in [-0.2, -0.15) is 0 Å². The summed E-state index contributed by atoms with van der Waals surface area (Å²) < 4.78 is 13.7. The number of hydrogen-bond acceptors (Lipinski definition) is 3. The molecule has 2 unspecified atom stereocenters. The van der Waals surface area contributed by atoms with Crippen molar-refractivity contribution in [2.45, 2.75) is 38.1 Å². The van der Waals surface area contributed by atoms with E-state index in [2.05, 4.69) is 12.2 Å². The quantitative estimate of drug-likeness (QED) is 0.794. The monoisotopic (exact) mass is 312 g/mol. The highest BCUT2D eigenvalue weighted by Crippen LogP contribution is 2.42. The molecule has 2 nitrogen and oxygen atoms in total. The molecule has 0 bridgehead atoms. The lowest BCUT2D eigenvalue weighted by Crippen LogP contribution is -2.33. The van der Waals surface area contributed by atoms with E-state index in [1.807, 2.05) is 0 Å². The first-order valence-corrected chi connectivity index (χ1v) is 8.37. The summed E-state index contributed by atoms with van der Waals surface area (Å²) in [6, 6.07) is 4.54. The van der Waals surface area contributed by atoms with Crippen molar-refractivity contribution in [2.75, 3.05) is 11.1 Å². The SMILES string of the molecule is CC1CCCC2(CSC(Nc3cc(Cl)ccc3F)=N2)C1. The van der Waals surface area contributed by atoms with Gasteiger partial charge in [0.2, 0.25) is 0 Å². The molecule has 0 aromatic heterocycles. The molecule has 2 atom stereocenters. The summed E-state index contributed by atoms with van der Waals surface area (Å²) in [7, 11) is 0. The van der Waals surface area contributed by atoms with Crippen LogP contribution >= 0.6 is 23.4 Å². The molecule has 108 valence electrons. The van der Waals surface area contributed by atoms with Crippen LogP contribution in [0, 0.1) is 11.7 Å². The molecule has 0 amide bonds. The minimum absolute atomic E-state index is 0.0692. The van der Waals surface area contributed by atoms with Crippen molar-refractivity contribution in [3.63, 3.8) is 0 Å². The summed E-state index contributed by atoms with van der Waals surface area (Å²) in [6.45, 7) is 2.29. The molecule has 20 heavy (non-hydrogen) atoms. The Morgan fingerprint density at radius 1 is 1.50 bits per heavy atom. The summed E-state index contributed by atoms with van der Waals surface area (Å²) in [4.78, 5) is 4.85. The zero-order valence-corrected chi connectivity index (χ0v) is 13.0. The number of amidine groups is 1. The number of hydrogen-bond donors (Lipinski definition) is 1. The lowest BCUT2D eigenvalue weighted by molar-refractivity contribution is 0.266. The van der Waals surface area contributed by atoms with Gasteiger partial charge >= 0.3 is 0 Å². The predicted molar refractivity (Wildman–Crippen MR) is 85.3 cm³/mol. The summed E-state index contributed by atoms with van der Waals surface area (Å²) in [6.07, 6.45) is 4.83. The number of rotatable bonds is 1. The number of aliphatic imine (C=N–C) groups is 1. The topological polar surface area (TPSA) is 24.4 Å². The fourth-order valence-electron chi connectivity index (χ4n) is 3.12. The highest BCUT2D eigenvalue weighted by molar-refractivity contribution is 8.14. The minimum Gasteiger partial charge on any atom is -0.333 e. The van der Waals surface area contributed by atoms with E-state index in [-0.39, 0.29) is 11.4 Å². The van der Waals surface area contributed by atoms with Gasteiger partial charge in [0, 0.05) is 10.8 Å². The highest BCUT2D eigenvalue weighted by Gasteiger charge is 2.39. The molecule has 2 aliphatic rings. The lowest BCUT2D eigenvalue weighted by atomic mass is 9.78. The van der Waals surface area contributed by atoms with Gasteiger partial charge in [-0.15, -0.1) is 0 Å². The fourth-order valence-corrected chi connectivity index (χ4v) is 4.46. The molecular weight excluding hydrogens is 295 g/mol. The Labute approximate surface area is 128 Å². The van der Waals surface area contributed by atoms with Crippen LogP contribution in [0.15, 0.2) is 23.2 Å². The third-order valence-corrected chi connectivity index (χ3v) is 5.44. The van der Waals surface area contributed by atoms with E-state index in [0.29, 0.717) is 10.7 Å². The van der Waals surface area contributed by atoms with Crippen molar-refractivity contribution < 1.29 is 4.39 Å². The number of benzene rings is 1. The first kappa shape index (κ1) is 14.2. The van der Waals surface area contributed by atoms with Crippen LogP contribution in [0.1, 0.15) is 32.6 Å². The summed E-state index contributed by atoms with van der Waals surface area (Å²) in [5.74, 6) is 1.44. The van der Waals surface area contributed by atoms with Crippen LogP contribution in [0.4, 0.5) is 10.1 Å². The average molecular weight is 313 g/mol. The molecular formula is C15H18ClFN2S. The van der Waals surface area contributed by atoms with Gasteiger partial charge in [-0.3, -0.25) is 4.99 Å². The van der Waals surface area contributed by atoms with Crippen molar-refractivity contribution in [3.8, 4) is 0 Å². The Morgan fingerprint density at radius 2 is 2.35 bits per heavy atom. The molecule has 1 heterocycles. The van der Waals surface area contributed by atoms with Crippen LogP contribution in [0.5, 0.6) is 0 Å². The van der Waals surface area contributed by atoms with E-state index in [9.17, 15) is 4.39 Å². The summed E-state index contributed by atoms with van der Waals surface area (Å²) in [5, 5.41) is 4.44. The molecule has 1 spiro atoms. The lowest BCUT2D eigenvalue weighted by Gasteiger charge is -2.33. The molecule has 1 fully saturated rings. The maximum absolute atomic E-state index is 13.7. The smallest absolute Gasteiger partial charge is 0.161 e. The van der Waals surface area contributed by atoms with Crippen LogP contribution in [0.2, 0.25) is 5.02 Å². The Morgan fingerprint density at radius 3 is 3.15 bits per heavy atom. The van der Waals surface area contributed by atoms with Crippen LogP contribution in [-0.4, -0.2) is 16.5 Å². The molecule has 0 saturated heterocycles. The molecule has 1 aromatic carbocycles. The maximum atomic E-state index is 13.7. The minimum atomic E-state index is -0.296. The van der Waals surface area contributed by atoms with Gasteiger partial charge in [0.25, 0.3) is 0 Å². The van der Waals surface area contributed by atoms with Crippen molar-refractivity contribution in [3.05, 3.63) is 29.0 Å².